The maximum absolute atomic E-state index is 12.7. The van der Waals surface area contributed by atoms with E-state index in [1.54, 1.807) is 22.5 Å². The highest BCUT2D eigenvalue weighted by molar-refractivity contribution is 7.13. The lowest BCUT2D eigenvalue weighted by Gasteiger charge is -2.35. The zero-order chi connectivity index (χ0) is 22.0. The standard InChI is InChI=1S/C21H18ClF3N4OS/c22-16-5-6-18(26-12-16)28-7-9-29(10-8-28)19(30)11-17-13-31-20(27-17)14-1-3-15(4-2-14)21(23,24)25/h1-6,12-13H,7-11H2. The van der Waals surface area contributed by atoms with Gasteiger partial charge in [0.1, 0.15) is 10.8 Å². The first-order valence-electron chi connectivity index (χ1n) is 9.56. The van der Waals surface area contributed by atoms with Crippen molar-refractivity contribution in [2.45, 2.75) is 12.6 Å². The maximum Gasteiger partial charge on any atom is 0.416 e. The van der Waals surface area contributed by atoms with Gasteiger partial charge in [-0.3, -0.25) is 4.79 Å². The average Bonchev–Trinajstić information content (AvgIpc) is 3.22. The highest BCUT2D eigenvalue weighted by atomic mass is 35.5. The van der Waals surface area contributed by atoms with Crippen LogP contribution in [0.3, 0.4) is 0 Å². The van der Waals surface area contributed by atoms with Crippen LogP contribution in [-0.4, -0.2) is 47.0 Å². The van der Waals surface area contributed by atoms with Crippen molar-refractivity contribution < 1.29 is 18.0 Å². The second-order valence-electron chi connectivity index (χ2n) is 7.10. The van der Waals surface area contributed by atoms with Crippen LogP contribution in [0, 0.1) is 0 Å². The summed E-state index contributed by atoms with van der Waals surface area (Å²) in [5.41, 5.74) is 0.517. The van der Waals surface area contributed by atoms with Gasteiger partial charge >= 0.3 is 6.18 Å². The number of piperazine rings is 1. The van der Waals surface area contributed by atoms with Crippen molar-refractivity contribution in [2.24, 2.45) is 0 Å². The first kappa shape index (κ1) is 21.6. The molecule has 1 saturated heterocycles. The number of hydrogen-bond acceptors (Lipinski definition) is 5. The molecule has 0 unspecified atom stereocenters. The van der Waals surface area contributed by atoms with Crippen molar-refractivity contribution in [1.29, 1.82) is 0 Å². The molecule has 3 aromatic rings. The first-order chi connectivity index (χ1) is 14.8. The van der Waals surface area contributed by atoms with E-state index in [1.165, 1.54) is 23.5 Å². The van der Waals surface area contributed by atoms with Gasteiger partial charge in [0, 0.05) is 43.3 Å². The lowest BCUT2D eigenvalue weighted by atomic mass is 10.1. The Labute approximate surface area is 186 Å². The van der Waals surface area contributed by atoms with E-state index in [-0.39, 0.29) is 12.3 Å². The number of hydrogen-bond donors (Lipinski definition) is 0. The molecule has 2 aromatic heterocycles. The zero-order valence-electron chi connectivity index (χ0n) is 16.3. The van der Waals surface area contributed by atoms with Gasteiger partial charge in [0.2, 0.25) is 5.91 Å². The number of thiazole rings is 1. The molecule has 0 spiro atoms. The van der Waals surface area contributed by atoms with E-state index in [0.29, 0.717) is 47.5 Å². The summed E-state index contributed by atoms with van der Waals surface area (Å²) in [6.07, 6.45) is -2.60. The molecule has 0 bridgehead atoms. The molecular weight excluding hydrogens is 449 g/mol. The molecule has 31 heavy (non-hydrogen) atoms. The lowest BCUT2D eigenvalue weighted by molar-refractivity contribution is -0.137. The number of anilines is 1. The van der Waals surface area contributed by atoms with Gasteiger partial charge in [-0.25, -0.2) is 9.97 Å². The van der Waals surface area contributed by atoms with Crippen molar-refractivity contribution in [3.63, 3.8) is 0 Å². The van der Waals surface area contributed by atoms with Gasteiger partial charge in [0.05, 0.1) is 22.7 Å². The summed E-state index contributed by atoms with van der Waals surface area (Å²) in [6.45, 7) is 2.51. The van der Waals surface area contributed by atoms with Gasteiger partial charge in [0.15, 0.2) is 0 Å². The van der Waals surface area contributed by atoms with Crippen LogP contribution in [0.25, 0.3) is 10.6 Å². The number of carbonyl (C=O) groups excluding carboxylic acids is 1. The Morgan fingerprint density at radius 3 is 2.39 bits per heavy atom. The largest absolute Gasteiger partial charge is 0.416 e. The Balaban J connectivity index is 1.33. The SMILES string of the molecule is O=C(Cc1csc(-c2ccc(C(F)(F)F)cc2)n1)N1CCN(c2ccc(Cl)cn2)CC1. The number of alkyl halides is 3. The molecule has 1 amide bonds. The highest BCUT2D eigenvalue weighted by Crippen LogP contribution is 2.32. The molecule has 0 radical (unpaired) electrons. The number of nitrogens with zero attached hydrogens (tertiary/aromatic N) is 4. The van der Waals surface area contributed by atoms with Crippen LogP contribution < -0.4 is 4.90 Å². The van der Waals surface area contributed by atoms with Crippen LogP contribution >= 0.6 is 22.9 Å². The molecule has 0 saturated carbocycles. The Kier molecular flexibility index (Phi) is 6.15. The monoisotopic (exact) mass is 466 g/mol. The van der Waals surface area contributed by atoms with Gasteiger partial charge in [0.25, 0.3) is 0 Å². The molecule has 1 aromatic carbocycles. The van der Waals surface area contributed by atoms with Gasteiger partial charge in [-0.1, -0.05) is 23.7 Å². The van der Waals surface area contributed by atoms with Crippen molar-refractivity contribution >= 4 is 34.7 Å². The fourth-order valence-corrected chi connectivity index (χ4v) is 4.27. The molecule has 10 heteroatoms. The second kappa shape index (κ2) is 8.84. The van der Waals surface area contributed by atoms with Crippen molar-refractivity contribution in [3.8, 4) is 10.6 Å². The third-order valence-corrected chi connectivity index (χ3v) is 6.18. The van der Waals surface area contributed by atoms with Crippen LogP contribution in [-0.2, 0) is 17.4 Å². The Morgan fingerprint density at radius 2 is 1.77 bits per heavy atom. The molecule has 4 rings (SSSR count). The highest BCUT2D eigenvalue weighted by Gasteiger charge is 2.30. The number of pyridine rings is 1. The van der Waals surface area contributed by atoms with Crippen LogP contribution in [0.2, 0.25) is 5.02 Å². The Bertz CT molecular complexity index is 1050. The van der Waals surface area contributed by atoms with E-state index in [0.717, 1.165) is 18.0 Å². The molecule has 0 aliphatic carbocycles. The number of halogens is 4. The summed E-state index contributed by atoms with van der Waals surface area (Å²) < 4.78 is 38.1. The number of rotatable bonds is 4. The third-order valence-electron chi connectivity index (χ3n) is 5.01. The van der Waals surface area contributed by atoms with Crippen molar-refractivity contribution in [1.82, 2.24) is 14.9 Å². The number of benzene rings is 1. The van der Waals surface area contributed by atoms with Crippen LogP contribution in [0.5, 0.6) is 0 Å². The minimum Gasteiger partial charge on any atom is -0.353 e. The average molecular weight is 467 g/mol. The molecule has 1 fully saturated rings. The normalized spacial score (nSPS) is 14.7. The molecule has 0 atom stereocenters. The molecular formula is C21H18ClF3N4OS. The summed E-state index contributed by atoms with van der Waals surface area (Å²) in [6, 6.07) is 8.53. The minimum absolute atomic E-state index is 0.0204. The predicted molar refractivity (Wildman–Crippen MR) is 114 cm³/mol. The fourth-order valence-electron chi connectivity index (χ4n) is 3.33. The third kappa shape index (κ3) is 5.16. The quantitative estimate of drug-likeness (QED) is 0.556. The molecule has 1 aliphatic rings. The number of amides is 1. The van der Waals surface area contributed by atoms with Gasteiger partial charge in [-0.15, -0.1) is 11.3 Å². The van der Waals surface area contributed by atoms with E-state index in [9.17, 15) is 18.0 Å². The Morgan fingerprint density at radius 1 is 1.06 bits per heavy atom. The second-order valence-corrected chi connectivity index (χ2v) is 8.39. The van der Waals surface area contributed by atoms with Crippen molar-refractivity contribution in [2.75, 3.05) is 31.1 Å². The Hall–Kier alpha value is -2.65. The molecule has 1 aliphatic heterocycles. The summed E-state index contributed by atoms with van der Waals surface area (Å²) >= 11 is 7.19. The molecule has 162 valence electrons. The zero-order valence-corrected chi connectivity index (χ0v) is 17.8. The van der Waals surface area contributed by atoms with E-state index in [4.69, 9.17) is 11.6 Å². The lowest BCUT2D eigenvalue weighted by Crippen LogP contribution is -2.49. The van der Waals surface area contributed by atoms with Gasteiger partial charge in [-0.05, 0) is 24.3 Å². The first-order valence-corrected chi connectivity index (χ1v) is 10.8. The predicted octanol–water partition coefficient (Wildman–Crippen LogP) is 4.77. The maximum atomic E-state index is 12.7. The molecule has 0 N–H and O–H groups in total. The van der Waals surface area contributed by atoms with Gasteiger partial charge in [-0.2, -0.15) is 13.2 Å². The summed E-state index contributed by atoms with van der Waals surface area (Å²) in [5, 5.41) is 2.95. The van der Waals surface area contributed by atoms with E-state index < -0.39 is 11.7 Å². The summed E-state index contributed by atoms with van der Waals surface area (Å²) in [4.78, 5) is 25.3. The summed E-state index contributed by atoms with van der Waals surface area (Å²) in [7, 11) is 0. The topological polar surface area (TPSA) is 49.3 Å². The fraction of sp³-hybridized carbons (Fsp3) is 0.286. The number of carbonyl (C=O) groups is 1. The van der Waals surface area contributed by atoms with E-state index in [2.05, 4.69) is 14.9 Å². The molecule has 5 nitrogen and oxygen atoms in total. The van der Waals surface area contributed by atoms with Crippen LogP contribution in [0.4, 0.5) is 19.0 Å². The van der Waals surface area contributed by atoms with Crippen LogP contribution in [0.15, 0.2) is 48.0 Å². The summed E-state index contributed by atoms with van der Waals surface area (Å²) in [5.74, 6) is 0.810. The smallest absolute Gasteiger partial charge is 0.353 e. The van der Waals surface area contributed by atoms with E-state index in [1.807, 2.05) is 6.07 Å². The van der Waals surface area contributed by atoms with Crippen LogP contribution in [0.1, 0.15) is 11.3 Å². The van der Waals surface area contributed by atoms with E-state index >= 15 is 0 Å². The minimum atomic E-state index is -4.37. The van der Waals surface area contributed by atoms with Gasteiger partial charge < -0.3 is 9.80 Å². The van der Waals surface area contributed by atoms with Crippen molar-refractivity contribution in [3.05, 3.63) is 64.3 Å². The molecule has 3 heterocycles. The number of aromatic nitrogens is 2.